The molecule has 0 saturated heterocycles. The van der Waals surface area contributed by atoms with E-state index >= 15 is 0 Å². The van der Waals surface area contributed by atoms with Crippen molar-refractivity contribution < 1.29 is 9.53 Å². The summed E-state index contributed by atoms with van der Waals surface area (Å²) in [6.45, 7) is 9.07. The lowest BCUT2D eigenvalue weighted by Crippen LogP contribution is -2.42. The highest BCUT2D eigenvalue weighted by Gasteiger charge is 2.12. The lowest BCUT2D eigenvalue weighted by molar-refractivity contribution is -0.122. The quantitative estimate of drug-likeness (QED) is 0.563. The maximum atomic E-state index is 11.6. The van der Waals surface area contributed by atoms with Gasteiger partial charge in [0.15, 0.2) is 0 Å². The third kappa shape index (κ3) is 9.09. The molecule has 0 saturated carbocycles. The first kappa shape index (κ1) is 16.4. The van der Waals surface area contributed by atoms with Crippen LogP contribution in [0.15, 0.2) is 0 Å². The van der Waals surface area contributed by atoms with Crippen LogP contribution in [-0.2, 0) is 9.53 Å². The molecule has 0 aromatic carbocycles. The van der Waals surface area contributed by atoms with Gasteiger partial charge in [0.25, 0.3) is 0 Å². The van der Waals surface area contributed by atoms with Crippen LogP contribution in [-0.4, -0.2) is 56.7 Å². The summed E-state index contributed by atoms with van der Waals surface area (Å²) in [6, 6.07) is 0.212. The van der Waals surface area contributed by atoms with Crippen molar-refractivity contribution in [1.82, 2.24) is 10.2 Å². The average molecular weight is 245 g/mol. The Labute approximate surface area is 105 Å². The fraction of sp³-hybridized carbons (Fsp3) is 0.917. The number of carbonyl (C=O) groups is 1. The molecule has 0 aliphatic rings. The SMILES string of the molecule is CC(C)C(C)NC(=O)CN(C)CCOCCN. The van der Waals surface area contributed by atoms with Crippen LogP contribution in [0.2, 0.25) is 0 Å². The van der Waals surface area contributed by atoms with E-state index in [-0.39, 0.29) is 11.9 Å². The highest BCUT2D eigenvalue weighted by Crippen LogP contribution is 1.99. The van der Waals surface area contributed by atoms with Crippen LogP contribution >= 0.6 is 0 Å². The van der Waals surface area contributed by atoms with E-state index in [1.165, 1.54) is 0 Å². The molecule has 1 amide bonds. The molecule has 0 fully saturated rings. The Balaban J connectivity index is 3.65. The third-order valence-corrected chi connectivity index (χ3v) is 2.68. The predicted octanol–water partition coefficient (Wildman–Crippen LogP) is 0.0542. The van der Waals surface area contributed by atoms with E-state index in [0.29, 0.717) is 32.2 Å². The molecule has 1 atom stereocenters. The van der Waals surface area contributed by atoms with Gasteiger partial charge in [0.05, 0.1) is 19.8 Å². The molecule has 0 aromatic rings. The Hall–Kier alpha value is -0.650. The predicted molar refractivity (Wildman–Crippen MR) is 69.8 cm³/mol. The van der Waals surface area contributed by atoms with Crippen molar-refractivity contribution in [1.29, 1.82) is 0 Å². The van der Waals surface area contributed by atoms with Crippen LogP contribution in [0, 0.1) is 5.92 Å². The number of amides is 1. The fourth-order valence-electron chi connectivity index (χ4n) is 1.20. The van der Waals surface area contributed by atoms with E-state index in [1.807, 2.05) is 18.9 Å². The van der Waals surface area contributed by atoms with Gasteiger partial charge in [0, 0.05) is 19.1 Å². The van der Waals surface area contributed by atoms with Gasteiger partial charge < -0.3 is 15.8 Å². The van der Waals surface area contributed by atoms with E-state index in [9.17, 15) is 4.79 Å². The largest absolute Gasteiger partial charge is 0.379 e. The lowest BCUT2D eigenvalue weighted by atomic mass is 10.1. The molecule has 0 aliphatic carbocycles. The maximum Gasteiger partial charge on any atom is 0.234 e. The van der Waals surface area contributed by atoms with Crippen molar-refractivity contribution in [3.8, 4) is 0 Å². The van der Waals surface area contributed by atoms with E-state index in [2.05, 4.69) is 19.2 Å². The molecule has 0 radical (unpaired) electrons. The molecule has 0 spiro atoms. The van der Waals surface area contributed by atoms with Crippen LogP contribution in [0.1, 0.15) is 20.8 Å². The van der Waals surface area contributed by atoms with E-state index in [0.717, 1.165) is 6.54 Å². The molecule has 0 aliphatic heterocycles. The molecule has 0 rings (SSSR count). The smallest absolute Gasteiger partial charge is 0.234 e. The van der Waals surface area contributed by atoms with Gasteiger partial charge in [-0.15, -0.1) is 0 Å². The third-order valence-electron chi connectivity index (χ3n) is 2.68. The van der Waals surface area contributed by atoms with Gasteiger partial charge in [-0.25, -0.2) is 0 Å². The molecule has 3 N–H and O–H groups in total. The second-order valence-corrected chi connectivity index (χ2v) is 4.74. The molecule has 1 unspecified atom stereocenters. The lowest BCUT2D eigenvalue weighted by Gasteiger charge is -2.20. The van der Waals surface area contributed by atoms with Crippen LogP contribution < -0.4 is 11.1 Å². The fourth-order valence-corrected chi connectivity index (χ4v) is 1.20. The van der Waals surface area contributed by atoms with Crippen molar-refractivity contribution in [2.75, 3.05) is 39.9 Å². The summed E-state index contributed by atoms with van der Waals surface area (Å²) >= 11 is 0. The molecule has 102 valence electrons. The number of nitrogens with one attached hydrogen (secondary N) is 1. The zero-order valence-electron chi connectivity index (χ0n) is 11.5. The first-order valence-electron chi connectivity index (χ1n) is 6.23. The molecule has 0 heterocycles. The second kappa shape index (κ2) is 9.39. The zero-order chi connectivity index (χ0) is 13.3. The van der Waals surface area contributed by atoms with Crippen LogP contribution in [0.3, 0.4) is 0 Å². The molecule has 17 heavy (non-hydrogen) atoms. The summed E-state index contributed by atoms with van der Waals surface area (Å²) in [5.74, 6) is 0.518. The van der Waals surface area contributed by atoms with E-state index < -0.39 is 0 Å². The first-order chi connectivity index (χ1) is 7.97. The number of likely N-dealkylation sites (N-methyl/N-ethyl adjacent to an activating group) is 1. The standard InChI is InChI=1S/C12H27N3O2/c1-10(2)11(3)14-12(16)9-15(4)6-8-17-7-5-13/h10-11H,5-9,13H2,1-4H3,(H,14,16). The minimum absolute atomic E-state index is 0.0625. The summed E-state index contributed by atoms with van der Waals surface area (Å²) < 4.78 is 5.26. The monoisotopic (exact) mass is 245 g/mol. The Morgan fingerprint density at radius 3 is 2.53 bits per heavy atom. The first-order valence-corrected chi connectivity index (χ1v) is 6.23. The van der Waals surface area contributed by atoms with Gasteiger partial charge in [0.1, 0.15) is 0 Å². The summed E-state index contributed by atoms with van der Waals surface area (Å²) in [6.07, 6.45) is 0. The topological polar surface area (TPSA) is 67.6 Å². The van der Waals surface area contributed by atoms with Crippen LogP contribution in [0.5, 0.6) is 0 Å². The van der Waals surface area contributed by atoms with Gasteiger partial charge in [0.2, 0.25) is 5.91 Å². The zero-order valence-corrected chi connectivity index (χ0v) is 11.5. The van der Waals surface area contributed by atoms with Crippen molar-refractivity contribution >= 4 is 5.91 Å². The van der Waals surface area contributed by atoms with Crippen LogP contribution in [0.4, 0.5) is 0 Å². The molecular weight excluding hydrogens is 218 g/mol. The number of nitrogens with zero attached hydrogens (tertiary/aromatic N) is 1. The van der Waals surface area contributed by atoms with Gasteiger partial charge in [-0.3, -0.25) is 9.69 Å². The molecule has 0 aromatic heterocycles. The van der Waals surface area contributed by atoms with E-state index in [1.54, 1.807) is 0 Å². The maximum absolute atomic E-state index is 11.6. The van der Waals surface area contributed by atoms with Gasteiger partial charge >= 0.3 is 0 Å². The van der Waals surface area contributed by atoms with Crippen molar-refractivity contribution in [2.45, 2.75) is 26.8 Å². The Morgan fingerprint density at radius 2 is 2.00 bits per heavy atom. The van der Waals surface area contributed by atoms with E-state index in [4.69, 9.17) is 10.5 Å². The summed E-state index contributed by atoms with van der Waals surface area (Å²) in [4.78, 5) is 13.6. The summed E-state index contributed by atoms with van der Waals surface area (Å²) in [5, 5.41) is 2.97. The Morgan fingerprint density at radius 1 is 1.35 bits per heavy atom. The van der Waals surface area contributed by atoms with Gasteiger partial charge in [-0.2, -0.15) is 0 Å². The Bertz CT molecular complexity index is 210. The second-order valence-electron chi connectivity index (χ2n) is 4.74. The van der Waals surface area contributed by atoms with Gasteiger partial charge in [-0.1, -0.05) is 13.8 Å². The number of hydrogen-bond acceptors (Lipinski definition) is 4. The Kier molecular flexibility index (Phi) is 9.03. The number of rotatable bonds is 9. The minimum atomic E-state index is 0.0625. The van der Waals surface area contributed by atoms with Crippen LogP contribution in [0.25, 0.3) is 0 Å². The van der Waals surface area contributed by atoms with Crippen molar-refractivity contribution in [2.24, 2.45) is 11.7 Å². The number of carbonyl (C=O) groups excluding carboxylic acids is 1. The number of hydrogen-bond donors (Lipinski definition) is 2. The normalized spacial score (nSPS) is 13.1. The average Bonchev–Trinajstić information content (AvgIpc) is 2.24. The molecule has 5 nitrogen and oxygen atoms in total. The highest BCUT2D eigenvalue weighted by atomic mass is 16.5. The van der Waals surface area contributed by atoms with Crippen molar-refractivity contribution in [3.63, 3.8) is 0 Å². The van der Waals surface area contributed by atoms with Crippen molar-refractivity contribution in [3.05, 3.63) is 0 Å². The molecule has 0 bridgehead atoms. The molecule has 5 heteroatoms. The summed E-state index contributed by atoms with van der Waals surface area (Å²) in [7, 11) is 1.91. The minimum Gasteiger partial charge on any atom is -0.379 e. The number of nitrogens with two attached hydrogens (primary N) is 1. The summed E-state index contributed by atoms with van der Waals surface area (Å²) in [5.41, 5.74) is 5.31. The highest BCUT2D eigenvalue weighted by molar-refractivity contribution is 5.78. The van der Waals surface area contributed by atoms with Gasteiger partial charge in [-0.05, 0) is 19.9 Å². The number of ether oxygens (including phenoxy) is 1. The molecular formula is C12H27N3O2.